The maximum absolute atomic E-state index is 10.7. The van der Waals surface area contributed by atoms with Crippen molar-refractivity contribution in [3.63, 3.8) is 0 Å². The minimum absolute atomic E-state index is 0.00661. The van der Waals surface area contributed by atoms with Crippen LogP contribution in [-0.2, 0) is 6.42 Å². The highest BCUT2D eigenvalue weighted by Crippen LogP contribution is 2.48. The zero-order valence-corrected chi connectivity index (χ0v) is 35.9. The summed E-state index contributed by atoms with van der Waals surface area (Å²) in [4.78, 5) is 0. The van der Waals surface area contributed by atoms with Gasteiger partial charge in [-0.3, -0.25) is 0 Å². The Morgan fingerprint density at radius 3 is 0.962 bits per heavy atom. The molecule has 4 nitrogen and oxygen atoms in total. The summed E-state index contributed by atoms with van der Waals surface area (Å²) >= 11 is 0. The first-order valence-corrected chi connectivity index (χ1v) is 20.1. The lowest BCUT2D eigenvalue weighted by Crippen LogP contribution is -1.98. The summed E-state index contributed by atoms with van der Waals surface area (Å²) in [5.74, 6) is 0.357. The molecule has 0 aliphatic heterocycles. The van der Waals surface area contributed by atoms with Gasteiger partial charge in [0.2, 0.25) is 11.5 Å². The van der Waals surface area contributed by atoms with E-state index in [0.29, 0.717) is 17.5 Å². The molecule has 296 valence electrons. The molecule has 4 heteroatoms. The van der Waals surface area contributed by atoms with Gasteiger partial charge in [0.1, 0.15) is 0 Å². The van der Waals surface area contributed by atoms with Crippen molar-refractivity contribution in [2.45, 2.75) is 166 Å². The first-order valence-electron chi connectivity index (χ1n) is 20.1. The van der Waals surface area contributed by atoms with E-state index in [9.17, 15) is 10.2 Å². The zero-order chi connectivity index (χ0) is 39.8. The number of ether oxygens (including phenoxy) is 2. The number of hydrogen-bond donors (Lipinski definition) is 2. The first kappa shape index (κ1) is 47.4. The number of rotatable bonds is 25. The predicted molar refractivity (Wildman–Crippen MR) is 232 cm³/mol. The van der Waals surface area contributed by atoms with E-state index in [1.165, 1.54) is 71.6 Å². The van der Waals surface area contributed by atoms with E-state index < -0.39 is 0 Å². The molecule has 1 aromatic carbocycles. The van der Waals surface area contributed by atoms with Crippen LogP contribution < -0.4 is 9.47 Å². The standard InChI is InChI=1S/C49H76O4/c1-36(2)20-13-21-37(3)22-14-23-38(4)24-15-25-39(5)26-16-27-40(6)28-17-29-41(7)30-18-31-42(8)32-19-33-43(9)34-35-45-44(10)46(50)48(52-11)49(53-12)47(45)51/h20,22,24,26,28,30,32,34,50-51H,13-19,21,23,25,27,29,31,33,35H2,1-12H3/b37-22-,38-24+,39-26+,40-28+,41-30-,42-32-,43-34+. The summed E-state index contributed by atoms with van der Waals surface area (Å²) in [6.45, 7) is 21.9. The van der Waals surface area contributed by atoms with Gasteiger partial charge in [0.15, 0.2) is 11.5 Å². The summed E-state index contributed by atoms with van der Waals surface area (Å²) in [5.41, 5.74) is 12.9. The van der Waals surface area contributed by atoms with Crippen molar-refractivity contribution < 1.29 is 19.7 Å². The maximum atomic E-state index is 10.7. The Balaban J connectivity index is 2.36. The molecule has 0 aliphatic rings. The molecule has 0 bridgehead atoms. The monoisotopic (exact) mass is 729 g/mol. The second-order valence-electron chi connectivity index (χ2n) is 15.5. The van der Waals surface area contributed by atoms with Crippen molar-refractivity contribution in [1.82, 2.24) is 0 Å². The Kier molecular flexibility index (Phi) is 24.1. The van der Waals surface area contributed by atoms with Gasteiger partial charge < -0.3 is 19.7 Å². The normalized spacial score (nSPS) is 13.8. The second-order valence-corrected chi connectivity index (χ2v) is 15.5. The summed E-state index contributed by atoms with van der Waals surface area (Å²) in [7, 11) is 2.91. The SMILES string of the molecule is COc1c(O)c(C)c(C/C=C(\C)CC/C=C(/C)CC/C=C(/C)CC/C=C(\C)CC/C=C(\C)CC/C=C(\C)CC/C=C(/C)CCC=C(C)C)c(O)c1OC. The molecule has 0 aliphatic carbocycles. The van der Waals surface area contributed by atoms with Crippen LogP contribution in [0.5, 0.6) is 23.0 Å². The fourth-order valence-corrected chi connectivity index (χ4v) is 6.33. The largest absolute Gasteiger partial charge is 0.504 e. The highest BCUT2D eigenvalue weighted by molar-refractivity contribution is 5.66. The first-order chi connectivity index (χ1) is 25.2. The number of allylic oxidation sites excluding steroid dienone is 16. The molecule has 53 heavy (non-hydrogen) atoms. The van der Waals surface area contributed by atoms with Crippen LogP contribution >= 0.6 is 0 Å². The number of hydrogen-bond acceptors (Lipinski definition) is 4. The molecule has 0 saturated carbocycles. The summed E-state index contributed by atoms with van der Waals surface area (Å²) in [6, 6.07) is 0. The summed E-state index contributed by atoms with van der Waals surface area (Å²) in [6.07, 6.45) is 35.1. The molecule has 0 amide bonds. The summed E-state index contributed by atoms with van der Waals surface area (Å²) < 4.78 is 10.5. The van der Waals surface area contributed by atoms with Gasteiger partial charge in [-0.05, 0) is 166 Å². The zero-order valence-electron chi connectivity index (χ0n) is 35.9. The van der Waals surface area contributed by atoms with E-state index in [4.69, 9.17) is 9.47 Å². The number of benzene rings is 1. The molecule has 0 spiro atoms. The third-order valence-electron chi connectivity index (χ3n) is 10.1. The second kappa shape index (κ2) is 27.0. The fourth-order valence-electron chi connectivity index (χ4n) is 6.33. The maximum Gasteiger partial charge on any atom is 0.207 e. The third-order valence-corrected chi connectivity index (χ3v) is 10.1. The van der Waals surface area contributed by atoms with Gasteiger partial charge in [0.05, 0.1) is 14.2 Å². The minimum atomic E-state index is 0.00661. The van der Waals surface area contributed by atoms with Crippen molar-refractivity contribution in [1.29, 1.82) is 0 Å². The van der Waals surface area contributed by atoms with Crippen molar-refractivity contribution in [3.05, 3.63) is 104 Å². The van der Waals surface area contributed by atoms with Crippen molar-refractivity contribution >= 4 is 0 Å². The van der Waals surface area contributed by atoms with Crippen LogP contribution in [-0.4, -0.2) is 24.4 Å². The highest BCUT2D eigenvalue weighted by Gasteiger charge is 2.22. The van der Waals surface area contributed by atoms with Crippen LogP contribution in [0.3, 0.4) is 0 Å². The topological polar surface area (TPSA) is 58.9 Å². The lowest BCUT2D eigenvalue weighted by Gasteiger charge is -2.17. The quantitative estimate of drug-likeness (QED) is 0.0777. The third kappa shape index (κ3) is 20.4. The average molecular weight is 729 g/mol. The van der Waals surface area contributed by atoms with Crippen LogP contribution in [0.15, 0.2) is 93.2 Å². The van der Waals surface area contributed by atoms with Crippen molar-refractivity contribution in [2.75, 3.05) is 14.2 Å². The smallest absolute Gasteiger partial charge is 0.207 e. The van der Waals surface area contributed by atoms with Crippen LogP contribution in [0.25, 0.3) is 0 Å². The molecular weight excluding hydrogens is 653 g/mol. The summed E-state index contributed by atoms with van der Waals surface area (Å²) in [5, 5.41) is 21.2. The van der Waals surface area contributed by atoms with E-state index >= 15 is 0 Å². The van der Waals surface area contributed by atoms with Gasteiger partial charge in [-0.15, -0.1) is 0 Å². The highest BCUT2D eigenvalue weighted by atomic mass is 16.5. The molecule has 0 atom stereocenters. The molecule has 1 aromatic rings. The molecule has 2 N–H and O–H groups in total. The van der Waals surface area contributed by atoms with E-state index in [2.05, 4.69) is 111 Å². The van der Waals surface area contributed by atoms with Gasteiger partial charge >= 0.3 is 0 Å². The van der Waals surface area contributed by atoms with Gasteiger partial charge in [-0.1, -0.05) is 93.2 Å². The van der Waals surface area contributed by atoms with Gasteiger partial charge in [-0.25, -0.2) is 0 Å². The average Bonchev–Trinajstić information content (AvgIpc) is 3.09. The molecule has 0 fully saturated rings. The Labute approximate surface area is 325 Å². The number of phenolic OH excluding ortho intramolecular Hbond substituents is 2. The Morgan fingerprint density at radius 2 is 0.679 bits per heavy atom. The molecular formula is C49H76O4. The lowest BCUT2D eigenvalue weighted by molar-refractivity contribution is 0.314. The Morgan fingerprint density at radius 1 is 0.415 bits per heavy atom. The minimum Gasteiger partial charge on any atom is -0.504 e. The van der Waals surface area contributed by atoms with E-state index in [1.807, 2.05) is 0 Å². The van der Waals surface area contributed by atoms with Crippen LogP contribution in [0.1, 0.15) is 163 Å². The van der Waals surface area contributed by atoms with Gasteiger partial charge in [0, 0.05) is 11.1 Å². The van der Waals surface area contributed by atoms with Crippen molar-refractivity contribution in [2.24, 2.45) is 0 Å². The molecule has 0 aromatic heterocycles. The number of aromatic hydroxyl groups is 2. The Bertz CT molecular complexity index is 1520. The van der Waals surface area contributed by atoms with E-state index in [1.54, 1.807) is 6.92 Å². The predicted octanol–water partition coefficient (Wildman–Crippen LogP) is 15.0. The molecule has 0 saturated heterocycles. The van der Waals surface area contributed by atoms with E-state index in [-0.39, 0.29) is 23.0 Å². The van der Waals surface area contributed by atoms with Gasteiger partial charge in [-0.2, -0.15) is 0 Å². The van der Waals surface area contributed by atoms with Crippen molar-refractivity contribution in [3.8, 4) is 23.0 Å². The molecule has 0 heterocycles. The van der Waals surface area contributed by atoms with Crippen LogP contribution in [0, 0.1) is 6.92 Å². The molecule has 0 radical (unpaired) electrons. The fraction of sp³-hybridized carbons (Fsp3) is 0.551. The Hall–Kier alpha value is -3.66. The van der Waals surface area contributed by atoms with Crippen LogP contribution in [0.2, 0.25) is 0 Å². The number of methoxy groups -OCH3 is 2. The van der Waals surface area contributed by atoms with Gasteiger partial charge in [0.25, 0.3) is 0 Å². The molecule has 0 unspecified atom stereocenters. The lowest BCUT2D eigenvalue weighted by atomic mass is 9.99. The van der Waals surface area contributed by atoms with Crippen LogP contribution in [0.4, 0.5) is 0 Å². The van der Waals surface area contributed by atoms with E-state index in [0.717, 1.165) is 77.0 Å². The molecule has 1 rings (SSSR count). The number of phenols is 2.